The van der Waals surface area contributed by atoms with Gasteiger partial charge in [0.2, 0.25) is 10.0 Å². The number of nitro groups is 1. The van der Waals surface area contributed by atoms with E-state index in [1.807, 2.05) is 0 Å². The van der Waals surface area contributed by atoms with Crippen molar-refractivity contribution in [2.45, 2.75) is 17.9 Å². The van der Waals surface area contributed by atoms with Gasteiger partial charge in [0.25, 0.3) is 5.69 Å². The highest BCUT2D eigenvalue weighted by Gasteiger charge is 2.19. The lowest BCUT2D eigenvalue weighted by atomic mass is 10.2. The Labute approximate surface area is 104 Å². The molecule has 18 heavy (non-hydrogen) atoms. The maximum atomic E-state index is 11.1. The normalized spacial score (nSPS) is 13.1. The molecule has 9 heteroatoms. The second-order valence-corrected chi connectivity index (χ2v) is 5.32. The SMILES string of the molecule is CC(CN)Nc1ccc(S(N)(=O)=O)cc1[N+](=O)[O-]. The zero-order chi connectivity index (χ0) is 13.9. The monoisotopic (exact) mass is 274 g/mol. The lowest BCUT2D eigenvalue weighted by Gasteiger charge is -2.13. The van der Waals surface area contributed by atoms with Gasteiger partial charge in [-0.05, 0) is 19.1 Å². The third-order valence-electron chi connectivity index (χ3n) is 2.25. The van der Waals surface area contributed by atoms with Gasteiger partial charge in [-0.1, -0.05) is 0 Å². The van der Waals surface area contributed by atoms with E-state index >= 15 is 0 Å². The molecule has 1 rings (SSSR count). The first-order valence-corrected chi connectivity index (χ1v) is 6.58. The summed E-state index contributed by atoms with van der Waals surface area (Å²) in [4.78, 5) is 9.88. The summed E-state index contributed by atoms with van der Waals surface area (Å²) in [6.07, 6.45) is 0. The molecule has 1 unspecified atom stereocenters. The number of primary sulfonamides is 1. The molecule has 0 radical (unpaired) electrons. The van der Waals surface area contributed by atoms with Gasteiger partial charge in [0.1, 0.15) is 5.69 Å². The van der Waals surface area contributed by atoms with Crippen LogP contribution in [0.25, 0.3) is 0 Å². The smallest absolute Gasteiger partial charge is 0.293 e. The number of benzene rings is 1. The van der Waals surface area contributed by atoms with E-state index in [4.69, 9.17) is 10.9 Å². The maximum absolute atomic E-state index is 11.1. The molecular formula is C9H14N4O4S. The fourth-order valence-corrected chi connectivity index (χ4v) is 1.82. The Morgan fingerprint density at radius 1 is 1.50 bits per heavy atom. The lowest BCUT2D eigenvalue weighted by Crippen LogP contribution is -2.25. The maximum Gasteiger partial charge on any atom is 0.293 e. The summed E-state index contributed by atoms with van der Waals surface area (Å²) in [5, 5.41) is 18.6. The van der Waals surface area contributed by atoms with Crippen molar-refractivity contribution in [3.05, 3.63) is 28.3 Å². The van der Waals surface area contributed by atoms with Crippen molar-refractivity contribution in [3.63, 3.8) is 0 Å². The molecule has 0 spiro atoms. The molecule has 1 aromatic rings. The van der Waals surface area contributed by atoms with Crippen LogP contribution in [0.2, 0.25) is 0 Å². The molecule has 0 aliphatic rings. The number of hydrogen-bond donors (Lipinski definition) is 3. The standard InChI is InChI=1S/C9H14N4O4S/c1-6(5-10)12-8-3-2-7(18(11,16)17)4-9(8)13(14)15/h2-4,6,12H,5,10H2,1H3,(H2,11,16,17). The van der Waals surface area contributed by atoms with Crippen molar-refractivity contribution in [2.24, 2.45) is 10.9 Å². The van der Waals surface area contributed by atoms with Crippen LogP contribution in [0.3, 0.4) is 0 Å². The number of rotatable bonds is 5. The van der Waals surface area contributed by atoms with E-state index in [9.17, 15) is 18.5 Å². The first-order valence-electron chi connectivity index (χ1n) is 5.03. The molecule has 0 aromatic heterocycles. The van der Waals surface area contributed by atoms with Crippen molar-refractivity contribution >= 4 is 21.4 Å². The van der Waals surface area contributed by atoms with Crippen LogP contribution in [-0.2, 0) is 10.0 Å². The second kappa shape index (κ2) is 5.29. The Hall–Kier alpha value is -1.71. The number of nitrogens with zero attached hydrogens (tertiary/aromatic N) is 1. The van der Waals surface area contributed by atoms with Crippen LogP contribution >= 0.6 is 0 Å². The molecule has 0 aliphatic carbocycles. The van der Waals surface area contributed by atoms with Gasteiger partial charge in [-0.25, -0.2) is 13.6 Å². The third kappa shape index (κ3) is 3.39. The van der Waals surface area contributed by atoms with E-state index in [0.29, 0.717) is 0 Å². The number of sulfonamides is 1. The van der Waals surface area contributed by atoms with Gasteiger partial charge in [0.15, 0.2) is 0 Å². The molecule has 0 saturated carbocycles. The molecule has 100 valence electrons. The largest absolute Gasteiger partial charge is 0.376 e. The number of nitrogens with one attached hydrogen (secondary N) is 1. The van der Waals surface area contributed by atoms with Crippen molar-refractivity contribution < 1.29 is 13.3 Å². The summed E-state index contributed by atoms with van der Waals surface area (Å²) in [7, 11) is -3.97. The fraction of sp³-hybridized carbons (Fsp3) is 0.333. The summed E-state index contributed by atoms with van der Waals surface area (Å²) in [6.45, 7) is 2.03. The molecule has 1 atom stereocenters. The lowest BCUT2D eigenvalue weighted by molar-refractivity contribution is -0.384. The highest BCUT2D eigenvalue weighted by Crippen LogP contribution is 2.27. The Morgan fingerprint density at radius 2 is 2.11 bits per heavy atom. The minimum absolute atomic E-state index is 0.177. The molecule has 8 nitrogen and oxygen atoms in total. The van der Waals surface area contributed by atoms with Gasteiger partial charge < -0.3 is 11.1 Å². The van der Waals surface area contributed by atoms with Crippen molar-refractivity contribution in [1.29, 1.82) is 0 Å². The van der Waals surface area contributed by atoms with E-state index in [2.05, 4.69) is 5.32 Å². The van der Waals surface area contributed by atoms with Crippen LogP contribution in [-0.4, -0.2) is 25.9 Å². The number of hydrogen-bond acceptors (Lipinski definition) is 6. The van der Waals surface area contributed by atoms with Crippen LogP contribution in [0.15, 0.2) is 23.1 Å². The van der Waals surface area contributed by atoms with Crippen LogP contribution in [0, 0.1) is 10.1 Å². The van der Waals surface area contributed by atoms with Gasteiger partial charge in [0.05, 0.1) is 9.82 Å². The predicted octanol–water partition coefficient (Wildman–Crippen LogP) is 0.00130. The van der Waals surface area contributed by atoms with Gasteiger partial charge >= 0.3 is 0 Å². The van der Waals surface area contributed by atoms with Gasteiger partial charge in [-0.15, -0.1) is 0 Å². The van der Waals surface area contributed by atoms with Crippen molar-refractivity contribution in [1.82, 2.24) is 0 Å². The van der Waals surface area contributed by atoms with E-state index < -0.39 is 14.9 Å². The van der Waals surface area contributed by atoms with Crippen LogP contribution in [0.1, 0.15) is 6.92 Å². The summed E-state index contributed by atoms with van der Waals surface area (Å²) in [6, 6.07) is 3.24. The van der Waals surface area contributed by atoms with Gasteiger partial charge in [0, 0.05) is 18.7 Å². The van der Waals surface area contributed by atoms with Crippen LogP contribution in [0.5, 0.6) is 0 Å². The third-order valence-corrected chi connectivity index (χ3v) is 3.16. The van der Waals surface area contributed by atoms with E-state index in [-0.39, 0.29) is 28.9 Å². The molecule has 1 aromatic carbocycles. The van der Waals surface area contributed by atoms with Crippen LogP contribution < -0.4 is 16.2 Å². The molecule has 0 amide bonds. The van der Waals surface area contributed by atoms with E-state index in [1.165, 1.54) is 12.1 Å². The first-order chi connectivity index (χ1) is 8.25. The van der Waals surface area contributed by atoms with E-state index in [1.54, 1.807) is 6.92 Å². The van der Waals surface area contributed by atoms with Crippen LogP contribution in [0.4, 0.5) is 11.4 Å². The summed E-state index contributed by atoms with van der Waals surface area (Å²) in [5.41, 5.74) is 5.24. The fourth-order valence-electron chi connectivity index (χ4n) is 1.29. The topological polar surface area (TPSA) is 141 Å². The zero-order valence-corrected chi connectivity index (χ0v) is 10.5. The van der Waals surface area contributed by atoms with Gasteiger partial charge in [-0.3, -0.25) is 10.1 Å². The van der Waals surface area contributed by atoms with Gasteiger partial charge in [-0.2, -0.15) is 0 Å². The zero-order valence-electron chi connectivity index (χ0n) is 9.66. The molecule has 0 bridgehead atoms. The van der Waals surface area contributed by atoms with Crippen molar-refractivity contribution in [2.75, 3.05) is 11.9 Å². The predicted molar refractivity (Wildman–Crippen MR) is 66.6 cm³/mol. The summed E-state index contributed by atoms with van der Waals surface area (Å²) in [5.74, 6) is 0. The molecule has 0 fully saturated rings. The Balaban J connectivity index is 3.25. The Morgan fingerprint density at radius 3 is 2.56 bits per heavy atom. The molecule has 0 saturated heterocycles. The van der Waals surface area contributed by atoms with E-state index in [0.717, 1.165) is 6.07 Å². The Bertz CT molecular complexity index is 558. The highest BCUT2D eigenvalue weighted by atomic mass is 32.2. The van der Waals surface area contributed by atoms with Crippen molar-refractivity contribution in [3.8, 4) is 0 Å². The molecule has 0 heterocycles. The summed E-state index contributed by atoms with van der Waals surface area (Å²) >= 11 is 0. The average molecular weight is 274 g/mol. The Kier molecular flexibility index (Phi) is 4.22. The number of nitrogens with two attached hydrogens (primary N) is 2. The summed E-state index contributed by atoms with van der Waals surface area (Å²) < 4.78 is 22.2. The molecule has 5 N–H and O–H groups in total. The highest BCUT2D eigenvalue weighted by molar-refractivity contribution is 7.89. The minimum atomic E-state index is -3.97. The first kappa shape index (κ1) is 14.4. The minimum Gasteiger partial charge on any atom is -0.376 e. The molecule has 0 aliphatic heterocycles. The number of nitro benzene ring substituents is 1. The molecular weight excluding hydrogens is 260 g/mol. The number of anilines is 1. The second-order valence-electron chi connectivity index (χ2n) is 3.76. The average Bonchev–Trinajstić information content (AvgIpc) is 2.27. The quantitative estimate of drug-likeness (QED) is 0.509.